The second-order valence-corrected chi connectivity index (χ2v) is 4.63. The van der Waals surface area contributed by atoms with Crippen LogP contribution in [0.3, 0.4) is 0 Å². The number of hydrogen-bond donors (Lipinski definition) is 4. The molecule has 19 heavy (non-hydrogen) atoms. The lowest BCUT2D eigenvalue weighted by atomic mass is 10.1. The molecule has 7 nitrogen and oxygen atoms in total. The molecular weight excluding hydrogens is 244 g/mol. The molecule has 0 saturated heterocycles. The Labute approximate surface area is 111 Å². The average molecular weight is 262 g/mol. The Balaban J connectivity index is 2.21. The summed E-state index contributed by atoms with van der Waals surface area (Å²) in [6, 6.07) is 0. The highest BCUT2D eigenvalue weighted by Gasteiger charge is 2.20. The van der Waals surface area contributed by atoms with Crippen LogP contribution in [0.4, 0.5) is 11.5 Å². The lowest BCUT2D eigenvalue weighted by Crippen LogP contribution is -2.15. The van der Waals surface area contributed by atoms with Gasteiger partial charge in [-0.25, -0.2) is 0 Å². The van der Waals surface area contributed by atoms with Crippen LogP contribution in [0.1, 0.15) is 48.4 Å². The minimum absolute atomic E-state index is 0.187. The van der Waals surface area contributed by atoms with Gasteiger partial charge in [0, 0.05) is 5.56 Å². The maximum Gasteiger partial charge on any atom is 0.279 e. The van der Waals surface area contributed by atoms with Gasteiger partial charge in [0.2, 0.25) is 0 Å². The fraction of sp³-hybridized carbons (Fsp3) is 0.417. The van der Waals surface area contributed by atoms with Gasteiger partial charge >= 0.3 is 0 Å². The van der Waals surface area contributed by atoms with Gasteiger partial charge in [-0.1, -0.05) is 20.8 Å². The van der Waals surface area contributed by atoms with Crippen molar-refractivity contribution in [3.8, 4) is 0 Å². The van der Waals surface area contributed by atoms with E-state index >= 15 is 0 Å². The predicted octanol–water partition coefficient (Wildman–Crippen LogP) is 1.65. The van der Waals surface area contributed by atoms with E-state index in [2.05, 4.69) is 25.7 Å². The van der Waals surface area contributed by atoms with Gasteiger partial charge in [-0.15, -0.1) is 0 Å². The largest absolute Gasteiger partial charge is 0.395 e. The van der Waals surface area contributed by atoms with E-state index in [0.717, 1.165) is 17.7 Å². The van der Waals surface area contributed by atoms with E-state index in [1.54, 1.807) is 6.20 Å². The summed E-state index contributed by atoms with van der Waals surface area (Å²) in [6.45, 7) is 5.95. The normalized spacial score (nSPS) is 10.9. The van der Waals surface area contributed by atoms with Crippen molar-refractivity contribution in [2.24, 2.45) is 0 Å². The predicted molar refractivity (Wildman–Crippen MR) is 73.0 cm³/mol. The number of carbonyl (C=O) groups is 1. The number of aromatic amines is 2. The first kappa shape index (κ1) is 13.1. The zero-order chi connectivity index (χ0) is 14.0. The second kappa shape index (κ2) is 5.13. The highest BCUT2D eigenvalue weighted by molar-refractivity contribution is 6.06. The van der Waals surface area contributed by atoms with Crippen LogP contribution in [0.2, 0.25) is 0 Å². The molecule has 2 rings (SSSR count). The SMILES string of the molecule is CCc1cn[nH]c1NC(=O)c1n[nH]c(C(C)C)c1N. The number of aromatic nitrogens is 4. The van der Waals surface area contributed by atoms with Gasteiger partial charge in [-0.3, -0.25) is 15.0 Å². The summed E-state index contributed by atoms with van der Waals surface area (Å²) in [5.41, 5.74) is 8.23. The molecule has 0 aromatic carbocycles. The number of nitrogens with two attached hydrogens (primary N) is 1. The summed E-state index contributed by atoms with van der Waals surface area (Å²) in [6.07, 6.45) is 2.46. The lowest BCUT2D eigenvalue weighted by Gasteiger charge is -2.04. The Morgan fingerprint density at radius 1 is 1.47 bits per heavy atom. The van der Waals surface area contributed by atoms with Crippen LogP contribution >= 0.6 is 0 Å². The molecule has 0 aliphatic rings. The van der Waals surface area contributed by atoms with Gasteiger partial charge in [-0.05, 0) is 12.3 Å². The van der Waals surface area contributed by atoms with Crippen molar-refractivity contribution >= 4 is 17.4 Å². The molecule has 0 atom stereocenters. The number of rotatable bonds is 4. The van der Waals surface area contributed by atoms with Gasteiger partial charge in [0.25, 0.3) is 5.91 Å². The molecular formula is C12H18N6O. The number of H-pyrrole nitrogens is 2. The quantitative estimate of drug-likeness (QED) is 0.671. The molecule has 2 aromatic rings. The monoisotopic (exact) mass is 262 g/mol. The Bertz CT molecular complexity index is 583. The number of anilines is 2. The highest BCUT2D eigenvalue weighted by Crippen LogP contribution is 2.23. The van der Waals surface area contributed by atoms with Crippen molar-refractivity contribution in [2.45, 2.75) is 33.1 Å². The van der Waals surface area contributed by atoms with Crippen molar-refractivity contribution in [3.63, 3.8) is 0 Å². The Kier molecular flexibility index (Phi) is 3.55. The molecule has 0 fully saturated rings. The fourth-order valence-corrected chi connectivity index (χ4v) is 1.84. The molecule has 1 amide bonds. The Hall–Kier alpha value is -2.31. The van der Waals surface area contributed by atoms with Crippen LogP contribution in [0.5, 0.6) is 0 Å². The second-order valence-electron chi connectivity index (χ2n) is 4.63. The molecule has 2 aromatic heterocycles. The summed E-state index contributed by atoms with van der Waals surface area (Å²) in [5, 5.41) is 16.2. The zero-order valence-corrected chi connectivity index (χ0v) is 11.2. The molecule has 0 spiro atoms. The van der Waals surface area contributed by atoms with Crippen molar-refractivity contribution in [1.82, 2.24) is 20.4 Å². The van der Waals surface area contributed by atoms with Gasteiger partial charge in [0.05, 0.1) is 17.6 Å². The number of nitrogens with one attached hydrogen (secondary N) is 3. The van der Waals surface area contributed by atoms with Gasteiger partial charge in [0.1, 0.15) is 5.82 Å². The maximum atomic E-state index is 12.1. The topological polar surface area (TPSA) is 112 Å². The number of carbonyl (C=O) groups excluding carboxylic acids is 1. The Morgan fingerprint density at radius 2 is 2.21 bits per heavy atom. The van der Waals surface area contributed by atoms with Crippen molar-refractivity contribution < 1.29 is 4.79 Å². The summed E-state index contributed by atoms with van der Waals surface area (Å²) < 4.78 is 0. The van der Waals surface area contributed by atoms with E-state index < -0.39 is 0 Å². The zero-order valence-electron chi connectivity index (χ0n) is 11.2. The maximum absolute atomic E-state index is 12.1. The molecule has 5 N–H and O–H groups in total. The van der Waals surface area contributed by atoms with Crippen LogP contribution in [0, 0.1) is 0 Å². The molecule has 7 heteroatoms. The third kappa shape index (κ3) is 2.44. The van der Waals surface area contributed by atoms with Gasteiger partial charge in [0.15, 0.2) is 5.69 Å². The lowest BCUT2D eigenvalue weighted by molar-refractivity contribution is 0.102. The summed E-state index contributed by atoms with van der Waals surface area (Å²) in [4.78, 5) is 12.1. The van der Waals surface area contributed by atoms with E-state index in [-0.39, 0.29) is 17.5 Å². The first-order chi connectivity index (χ1) is 9.04. The van der Waals surface area contributed by atoms with Gasteiger partial charge < -0.3 is 11.1 Å². The summed E-state index contributed by atoms with van der Waals surface area (Å²) in [5.74, 6) is 0.424. The highest BCUT2D eigenvalue weighted by atomic mass is 16.2. The minimum atomic E-state index is -0.348. The smallest absolute Gasteiger partial charge is 0.279 e. The fourth-order valence-electron chi connectivity index (χ4n) is 1.84. The third-order valence-corrected chi connectivity index (χ3v) is 2.96. The van der Waals surface area contributed by atoms with Crippen LogP contribution < -0.4 is 11.1 Å². The summed E-state index contributed by atoms with van der Waals surface area (Å²) in [7, 11) is 0. The van der Waals surface area contributed by atoms with Crippen molar-refractivity contribution in [2.75, 3.05) is 11.1 Å². The molecule has 0 saturated carbocycles. The Morgan fingerprint density at radius 3 is 2.79 bits per heavy atom. The van der Waals surface area contributed by atoms with Crippen LogP contribution in [-0.4, -0.2) is 26.3 Å². The number of aryl methyl sites for hydroxylation is 1. The van der Waals surface area contributed by atoms with E-state index in [4.69, 9.17) is 5.73 Å². The van der Waals surface area contributed by atoms with Crippen LogP contribution in [0.15, 0.2) is 6.20 Å². The van der Waals surface area contributed by atoms with Gasteiger partial charge in [-0.2, -0.15) is 10.2 Å². The average Bonchev–Trinajstić information content (AvgIpc) is 2.95. The number of nitrogen functional groups attached to an aromatic ring is 1. The van der Waals surface area contributed by atoms with Crippen molar-refractivity contribution in [1.29, 1.82) is 0 Å². The molecule has 0 aliphatic heterocycles. The molecule has 0 unspecified atom stereocenters. The van der Waals surface area contributed by atoms with E-state index in [0.29, 0.717) is 11.5 Å². The van der Waals surface area contributed by atoms with Crippen molar-refractivity contribution in [3.05, 3.63) is 23.1 Å². The molecule has 0 bridgehead atoms. The van der Waals surface area contributed by atoms with Crippen LogP contribution in [-0.2, 0) is 6.42 Å². The minimum Gasteiger partial charge on any atom is -0.395 e. The molecule has 0 aliphatic carbocycles. The third-order valence-electron chi connectivity index (χ3n) is 2.96. The first-order valence-electron chi connectivity index (χ1n) is 6.21. The number of nitrogens with zero attached hydrogens (tertiary/aromatic N) is 2. The van der Waals surface area contributed by atoms with Crippen LogP contribution in [0.25, 0.3) is 0 Å². The standard InChI is InChI=1S/C12H18N6O/c1-4-7-5-14-18-11(7)15-12(19)10-8(13)9(6(2)3)16-17-10/h5-6H,4,13H2,1-3H3,(H,16,17)(H2,14,15,18,19). The van der Waals surface area contributed by atoms with E-state index in [1.807, 2.05) is 20.8 Å². The summed E-state index contributed by atoms with van der Waals surface area (Å²) >= 11 is 0. The molecule has 0 radical (unpaired) electrons. The first-order valence-corrected chi connectivity index (χ1v) is 6.21. The van der Waals surface area contributed by atoms with E-state index in [9.17, 15) is 4.79 Å². The van der Waals surface area contributed by atoms with E-state index in [1.165, 1.54) is 0 Å². The molecule has 2 heterocycles. The number of amides is 1. The molecule has 102 valence electrons. The number of hydrogen-bond acceptors (Lipinski definition) is 4.